The molecule has 0 spiro atoms. The van der Waals surface area contributed by atoms with Gasteiger partial charge in [0.1, 0.15) is 6.29 Å². The van der Waals surface area contributed by atoms with Gasteiger partial charge >= 0.3 is 17.9 Å². The van der Waals surface area contributed by atoms with E-state index in [9.17, 15) is 19.2 Å². The van der Waals surface area contributed by atoms with Crippen LogP contribution in [-0.4, -0.2) is 29.3 Å². The van der Waals surface area contributed by atoms with Gasteiger partial charge in [0.15, 0.2) is 0 Å². The minimum absolute atomic E-state index is 0.0137. The fraction of sp³-hybridized carbons (Fsp3) is 0. The quantitative estimate of drug-likeness (QED) is 0.333. The molecule has 0 saturated carbocycles. The average Bonchev–Trinajstić information content (AvgIpc) is 2.28. The van der Waals surface area contributed by atoms with Crippen molar-refractivity contribution in [3.05, 3.63) is 35.4 Å². The lowest BCUT2D eigenvalue weighted by molar-refractivity contribution is -0.160. The molecule has 0 aliphatic carbocycles. The van der Waals surface area contributed by atoms with Crippen LogP contribution < -0.4 is 0 Å². The second-order valence-electron chi connectivity index (χ2n) is 2.72. The largest absolute Gasteiger partial charge is 0.473 e. The van der Waals surface area contributed by atoms with Crippen molar-refractivity contribution in [2.24, 2.45) is 0 Å². The van der Waals surface area contributed by atoms with Crippen LogP contribution in [0.15, 0.2) is 24.3 Å². The lowest BCUT2D eigenvalue weighted by atomic mass is 10.1. The van der Waals surface area contributed by atoms with E-state index in [2.05, 4.69) is 4.74 Å². The highest BCUT2D eigenvalue weighted by Gasteiger charge is 2.19. The summed E-state index contributed by atoms with van der Waals surface area (Å²) >= 11 is 0. The number of rotatable bonds is 2. The van der Waals surface area contributed by atoms with Gasteiger partial charge in [0.05, 0.1) is 5.56 Å². The van der Waals surface area contributed by atoms with E-state index in [0.717, 1.165) is 0 Å². The van der Waals surface area contributed by atoms with Crippen LogP contribution >= 0.6 is 0 Å². The van der Waals surface area contributed by atoms with Crippen molar-refractivity contribution in [1.29, 1.82) is 0 Å². The number of aliphatic carboxylic acids is 1. The molecule has 0 bridgehead atoms. The highest BCUT2D eigenvalue weighted by molar-refractivity contribution is 6.31. The number of carboxylic acids is 1. The van der Waals surface area contributed by atoms with Gasteiger partial charge in [-0.3, -0.25) is 4.79 Å². The van der Waals surface area contributed by atoms with Crippen LogP contribution in [0.4, 0.5) is 0 Å². The van der Waals surface area contributed by atoms with Crippen molar-refractivity contribution in [2.75, 3.05) is 0 Å². The van der Waals surface area contributed by atoms with Crippen molar-refractivity contribution < 1.29 is 29.0 Å². The normalized spacial score (nSPS) is 9.25. The Morgan fingerprint density at radius 2 is 1.69 bits per heavy atom. The standard InChI is InChI=1S/C10H6O6/c11-5-6-1-3-7(4-2-6)9(14)16-10(15)8(12)13/h1-5H,(H,12,13). The van der Waals surface area contributed by atoms with Gasteiger partial charge in [-0.15, -0.1) is 0 Å². The predicted molar refractivity (Wildman–Crippen MR) is 49.9 cm³/mol. The van der Waals surface area contributed by atoms with Gasteiger partial charge in [-0.1, -0.05) is 12.1 Å². The molecule has 0 radical (unpaired) electrons. The lowest BCUT2D eigenvalue weighted by Gasteiger charge is -1.99. The Labute approximate surface area is 89.4 Å². The highest BCUT2D eigenvalue weighted by atomic mass is 16.6. The third kappa shape index (κ3) is 2.74. The van der Waals surface area contributed by atoms with Gasteiger partial charge in [0, 0.05) is 5.56 Å². The Kier molecular flexibility index (Phi) is 3.49. The van der Waals surface area contributed by atoms with E-state index < -0.39 is 17.9 Å². The Morgan fingerprint density at radius 3 is 2.12 bits per heavy atom. The Balaban J connectivity index is 2.77. The van der Waals surface area contributed by atoms with Crippen LogP contribution in [-0.2, 0) is 14.3 Å². The maximum atomic E-state index is 11.2. The molecule has 6 nitrogen and oxygen atoms in total. The number of carbonyl (C=O) groups is 4. The van der Waals surface area contributed by atoms with E-state index >= 15 is 0 Å². The maximum absolute atomic E-state index is 11.2. The number of aldehydes is 1. The Hall–Kier alpha value is -2.50. The number of carbonyl (C=O) groups excluding carboxylic acids is 3. The molecule has 6 heteroatoms. The molecule has 0 saturated heterocycles. The molecule has 0 atom stereocenters. The third-order valence-corrected chi connectivity index (χ3v) is 1.64. The molecule has 1 aromatic carbocycles. The van der Waals surface area contributed by atoms with Gasteiger partial charge in [0.2, 0.25) is 0 Å². The average molecular weight is 222 g/mol. The Morgan fingerprint density at radius 1 is 1.12 bits per heavy atom. The second-order valence-corrected chi connectivity index (χ2v) is 2.72. The molecule has 82 valence electrons. The monoisotopic (exact) mass is 222 g/mol. The molecular weight excluding hydrogens is 216 g/mol. The van der Waals surface area contributed by atoms with Gasteiger partial charge in [0.25, 0.3) is 0 Å². The van der Waals surface area contributed by atoms with E-state index in [4.69, 9.17) is 5.11 Å². The van der Waals surface area contributed by atoms with Gasteiger partial charge in [-0.05, 0) is 12.1 Å². The fourth-order valence-corrected chi connectivity index (χ4v) is 0.885. The van der Waals surface area contributed by atoms with Gasteiger partial charge in [-0.2, -0.15) is 0 Å². The maximum Gasteiger partial charge on any atom is 0.425 e. The van der Waals surface area contributed by atoms with Crippen molar-refractivity contribution >= 4 is 24.2 Å². The summed E-state index contributed by atoms with van der Waals surface area (Å²) in [5.41, 5.74) is 0.335. The molecule has 16 heavy (non-hydrogen) atoms. The summed E-state index contributed by atoms with van der Waals surface area (Å²) in [6.45, 7) is 0. The minimum Gasteiger partial charge on any atom is -0.473 e. The fourth-order valence-electron chi connectivity index (χ4n) is 0.885. The van der Waals surface area contributed by atoms with E-state index in [0.29, 0.717) is 11.8 Å². The van der Waals surface area contributed by atoms with Crippen LogP contribution in [0.5, 0.6) is 0 Å². The van der Waals surface area contributed by atoms with Crippen LogP contribution in [0, 0.1) is 0 Å². The third-order valence-electron chi connectivity index (χ3n) is 1.64. The predicted octanol–water partition coefficient (Wildman–Crippen LogP) is 0.267. The summed E-state index contributed by atoms with van der Waals surface area (Å²) in [4.78, 5) is 42.1. The zero-order valence-electron chi connectivity index (χ0n) is 7.88. The summed E-state index contributed by atoms with van der Waals surface area (Å²) in [6.07, 6.45) is 0.581. The molecule has 1 aromatic rings. The van der Waals surface area contributed by atoms with E-state index in [1.165, 1.54) is 24.3 Å². The molecule has 0 unspecified atom stereocenters. The van der Waals surface area contributed by atoms with Crippen LogP contribution in [0.3, 0.4) is 0 Å². The van der Waals surface area contributed by atoms with Crippen molar-refractivity contribution in [2.45, 2.75) is 0 Å². The molecule has 0 heterocycles. The molecule has 1 rings (SSSR count). The first-order chi connectivity index (χ1) is 7.54. The first-order valence-corrected chi connectivity index (χ1v) is 4.09. The number of benzene rings is 1. The van der Waals surface area contributed by atoms with Gasteiger partial charge < -0.3 is 9.84 Å². The molecule has 0 aromatic heterocycles. The first-order valence-electron chi connectivity index (χ1n) is 4.09. The summed E-state index contributed by atoms with van der Waals surface area (Å²) < 4.78 is 4.01. The van der Waals surface area contributed by atoms with E-state index in [1.54, 1.807) is 0 Å². The van der Waals surface area contributed by atoms with E-state index in [1.807, 2.05) is 0 Å². The minimum atomic E-state index is -1.85. The summed E-state index contributed by atoms with van der Waals surface area (Å²) in [7, 11) is 0. The molecule has 0 aliphatic heterocycles. The number of hydrogen-bond donors (Lipinski definition) is 1. The lowest BCUT2D eigenvalue weighted by Crippen LogP contribution is -2.20. The number of carboxylic acid groups (broad SMARTS) is 1. The first kappa shape index (κ1) is 11.6. The second kappa shape index (κ2) is 4.83. The Bertz CT molecular complexity index is 445. The summed E-state index contributed by atoms with van der Waals surface area (Å²) in [5, 5.41) is 8.19. The molecule has 0 amide bonds. The zero-order valence-corrected chi connectivity index (χ0v) is 7.88. The SMILES string of the molecule is O=Cc1ccc(C(=O)OC(=O)C(=O)O)cc1. The number of ether oxygens (including phenoxy) is 1. The van der Waals surface area contributed by atoms with Crippen LogP contribution in [0.1, 0.15) is 20.7 Å². The zero-order chi connectivity index (χ0) is 12.1. The summed E-state index contributed by atoms with van der Waals surface area (Å²) in [6, 6.07) is 5.19. The molecule has 0 fully saturated rings. The number of esters is 2. The smallest absolute Gasteiger partial charge is 0.425 e. The van der Waals surface area contributed by atoms with Crippen LogP contribution in [0.25, 0.3) is 0 Å². The topological polar surface area (TPSA) is 97.7 Å². The molecule has 0 aliphatic rings. The van der Waals surface area contributed by atoms with Crippen molar-refractivity contribution in [3.8, 4) is 0 Å². The highest BCUT2D eigenvalue weighted by Crippen LogP contribution is 2.04. The van der Waals surface area contributed by atoms with Crippen molar-refractivity contribution in [1.82, 2.24) is 0 Å². The van der Waals surface area contributed by atoms with Gasteiger partial charge in [-0.25, -0.2) is 14.4 Å². The molecular formula is C10H6O6. The van der Waals surface area contributed by atoms with Crippen LogP contribution in [0.2, 0.25) is 0 Å². The molecule has 1 N–H and O–H groups in total. The number of hydrogen-bond acceptors (Lipinski definition) is 5. The summed E-state index contributed by atoms with van der Waals surface area (Å²) in [5.74, 6) is -4.58. The van der Waals surface area contributed by atoms with Crippen molar-refractivity contribution in [3.63, 3.8) is 0 Å². The van der Waals surface area contributed by atoms with E-state index in [-0.39, 0.29) is 5.56 Å².